The smallest absolute Gasteiger partial charge is 0.250 e. The van der Waals surface area contributed by atoms with Crippen LogP contribution in [0.1, 0.15) is 29.3 Å². The van der Waals surface area contributed by atoms with Crippen LogP contribution in [-0.2, 0) is 6.42 Å². The Morgan fingerprint density at radius 2 is 1.90 bits per heavy atom. The maximum Gasteiger partial charge on any atom is 0.250 e. The lowest BCUT2D eigenvalue weighted by Crippen LogP contribution is -2.14. The Kier molecular flexibility index (Phi) is 4.25. The number of nitrogens with two attached hydrogens (primary N) is 2. The molecule has 1 amide bonds. The fourth-order valence-corrected chi connectivity index (χ4v) is 2.18. The molecule has 0 saturated heterocycles. The minimum absolute atomic E-state index is 0.399. The number of rotatable bonds is 5. The molecule has 4 heteroatoms. The Labute approximate surface area is 118 Å². The van der Waals surface area contributed by atoms with Gasteiger partial charge in [0.2, 0.25) is 0 Å². The number of nitrogen functional groups attached to an aromatic ring is 1. The molecule has 5 N–H and O–H groups in total. The number of para-hydroxylation sites is 2. The fourth-order valence-electron chi connectivity index (χ4n) is 2.18. The van der Waals surface area contributed by atoms with Crippen LogP contribution in [0.5, 0.6) is 0 Å². The van der Waals surface area contributed by atoms with Gasteiger partial charge in [0.25, 0.3) is 5.91 Å². The van der Waals surface area contributed by atoms with Gasteiger partial charge in [-0.1, -0.05) is 37.6 Å². The number of aryl methyl sites for hydroxylation is 1. The van der Waals surface area contributed by atoms with Crippen LogP contribution in [0.2, 0.25) is 0 Å². The second kappa shape index (κ2) is 6.10. The third-order valence-electron chi connectivity index (χ3n) is 3.16. The van der Waals surface area contributed by atoms with Crippen molar-refractivity contribution in [3.8, 4) is 0 Å². The summed E-state index contributed by atoms with van der Waals surface area (Å²) in [5.41, 5.74) is 15.0. The van der Waals surface area contributed by atoms with Gasteiger partial charge in [-0.3, -0.25) is 4.79 Å². The number of hydrogen-bond acceptors (Lipinski definition) is 3. The van der Waals surface area contributed by atoms with Crippen LogP contribution in [0, 0.1) is 0 Å². The highest BCUT2D eigenvalue weighted by Crippen LogP contribution is 2.29. The van der Waals surface area contributed by atoms with Crippen LogP contribution < -0.4 is 16.8 Å². The average Bonchev–Trinajstić information content (AvgIpc) is 2.43. The van der Waals surface area contributed by atoms with Crippen molar-refractivity contribution >= 4 is 23.0 Å². The molecule has 0 spiro atoms. The monoisotopic (exact) mass is 269 g/mol. The molecular formula is C16H19N3O. The highest BCUT2D eigenvalue weighted by molar-refractivity contribution is 6.02. The van der Waals surface area contributed by atoms with E-state index in [9.17, 15) is 4.79 Å². The van der Waals surface area contributed by atoms with Crippen molar-refractivity contribution in [2.75, 3.05) is 11.1 Å². The molecule has 0 aliphatic rings. The molecule has 0 heterocycles. The molecule has 0 fully saturated rings. The molecule has 0 radical (unpaired) electrons. The first-order valence-corrected chi connectivity index (χ1v) is 6.66. The minimum Gasteiger partial charge on any atom is -0.397 e. The van der Waals surface area contributed by atoms with Gasteiger partial charge >= 0.3 is 0 Å². The molecule has 20 heavy (non-hydrogen) atoms. The van der Waals surface area contributed by atoms with Gasteiger partial charge in [0, 0.05) is 5.69 Å². The standard InChI is InChI=1S/C16H19N3O/c1-2-6-11-7-3-4-10-14(11)19-15-12(16(18)20)8-5-9-13(15)17/h3-5,7-10,19H,2,6,17H2,1H3,(H2,18,20). The summed E-state index contributed by atoms with van der Waals surface area (Å²) in [6.07, 6.45) is 2.01. The summed E-state index contributed by atoms with van der Waals surface area (Å²) in [6.45, 7) is 2.13. The molecule has 0 saturated carbocycles. The molecule has 2 rings (SSSR count). The number of anilines is 3. The summed E-state index contributed by atoms with van der Waals surface area (Å²) in [7, 11) is 0. The van der Waals surface area contributed by atoms with Crippen LogP contribution in [-0.4, -0.2) is 5.91 Å². The van der Waals surface area contributed by atoms with Gasteiger partial charge in [-0.05, 0) is 30.2 Å². The van der Waals surface area contributed by atoms with E-state index >= 15 is 0 Å². The molecule has 0 bridgehead atoms. The minimum atomic E-state index is -0.493. The number of hydrogen-bond donors (Lipinski definition) is 3. The third-order valence-corrected chi connectivity index (χ3v) is 3.16. The van der Waals surface area contributed by atoms with Gasteiger partial charge in [0.15, 0.2) is 0 Å². The van der Waals surface area contributed by atoms with Crippen molar-refractivity contribution in [2.24, 2.45) is 5.73 Å². The number of primary amides is 1. The molecular weight excluding hydrogens is 250 g/mol. The number of carbonyl (C=O) groups is 1. The van der Waals surface area contributed by atoms with E-state index in [0.29, 0.717) is 16.9 Å². The first-order valence-electron chi connectivity index (χ1n) is 6.66. The van der Waals surface area contributed by atoms with Gasteiger partial charge < -0.3 is 16.8 Å². The quantitative estimate of drug-likeness (QED) is 0.730. The van der Waals surface area contributed by atoms with Crippen LogP contribution in [0.15, 0.2) is 42.5 Å². The van der Waals surface area contributed by atoms with Gasteiger partial charge in [0.1, 0.15) is 0 Å². The van der Waals surface area contributed by atoms with E-state index in [0.717, 1.165) is 18.5 Å². The molecule has 0 aromatic heterocycles. The van der Waals surface area contributed by atoms with Gasteiger partial charge in [-0.15, -0.1) is 0 Å². The summed E-state index contributed by atoms with van der Waals surface area (Å²) < 4.78 is 0. The van der Waals surface area contributed by atoms with Gasteiger partial charge in [0.05, 0.1) is 16.9 Å². The predicted molar refractivity (Wildman–Crippen MR) is 83.1 cm³/mol. The average molecular weight is 269 g/mol. The fraction of sp³-hybridized carbons (Fsp3) is 0.188. The zero-order chi connectivity index (χ0) is 14.5. The highest BCUT2D eigenvalue weighted by Gasteiger charge is 2.12. The zero-order valence-electron chi connectivity index (χ0n) is 11.5. The summed E-state index contributed by atoms with van der Waals surface area (Å²) in [5, 5.41) is 3.25. The molecule has 2 aromatic carbocycles. The summed E-state index contributed by atoms with van der Waals surface area (Å²) in [4.78, 5) is 11.5. The number of benzene rings is 2. The summed E-state index contributed by atoms with van der Waals surface area (Å²) >= 11 is 0. The van der Waals surface area contributed by atoms with E-state index < -0.39 is 5.91 Å². The lowest BCUT2D eigenvalue weighted by Gasteiger charge is -2.15. The first kappa shape index (κ1) is 13.9. The second-order valence-corrected chi connectivity index (χ2v) is 4.67. The first-order chi connectivity index (χ1) is 9.63. The molecule has 4 nitrogen and oxygen atoms in total. The Morgan fingerprint density at radius 1 is 1.15 bits per heavy atom. The van der Waals surface area contributed by atoms with Gasteiger partial charge in [-0.25, -0.2) is 0 Å². The van der Waals surface area contributed by atoms with E-state index in [2.05, 4.69) is 18.3 Å². The summed E-state index contributed by atoms with van der Waals surface area (Å²) in [6, 6.07) is 13.1. The molecule has 104 valence electrons. The number of nitrogens with one attached hydrogen (secondary N) is 1. The Hall–Kier alpha value is -2.49. The van der Waals surface area contributed by atoms with Gasteiger partial charge in [-0.2, -0.15) is 0 Å². The third kappa shape index (κ3) is 2.91. The van der Waals surface area contributed by atoms with Crippen molar-refractivity contribution in [1.82, 2.24) is 0 Å². The largest absolute Gasteiger partial charge is 0.397 e. The zero-order valence-corrected chi connectivity index (χ0v) is 11.5. The van der Waals surface area contributed by atoms with Crippen molar-refractivity contribution in [2.45, 2.75) is 19.8 Å². The topological polar surface area (TPSA) is 81.1 Å². The van der Waals surface area contributed by atoms with Crippen LogP contribution >= 0.6 is 0 Å². The molecule has 0 atom stereocenters. The van der Waals surface area contributed by atoms with Crippen LogP contribution in [0.3, 0.4) is 0 Å². The number of carbonyl (C=O) groups excluding carboxylic acids is 1. The predicted octanol–water partition coefficient (Wildman–Crippen LogP) is 3.06. The molecule has 0 unspecified atom stereocenters. The van der Waals surface area contributed by atoms with Crippen molar-refractivity contribution in [1.29, 1.82) is 0 Å². The summed E-state index contributed by atoms with van der Waals surface area (Å²) in [5.74, 6) is -0.493. The Balaban J connectivity index is 2.42. The maximum atomic E-state index is 11.5. The molecule has 0 aliphatic heterocycles. The lowest BCUT2D eigenvalue weighted by molar-refractivity contribution is 0.100. The van der Waals surface area contributed by atoms with Crippen molar-refractivity contribution < 1.29 is 4.79 Å². The normalized spacial score (nSPS) is 10.2. The Bertz CT molecular complexity index is 623. The highest BCUT2D eigenvalue weighted by atomic mass is 16.1. The second-order valence-electron chi connectivity index (χ2n) is 4.67. The maximum absolute atomic E-state index is 11.5. The van der Waals surface area contributed by atoms with E-state index in [4.69, 9.17) is 11.5 Å². The van der Waals surface area contributed by atoms with Crippen molar-refractivity contribution in [3.05, 3.63) is 53.6 Å². The van der Waals surface area contributed by atoms with E-state index in [1.807, 2.05) is 18.2 Å². The SMILES string of the molecule is CCCc1ccccc1Nc1c(N)cccc1C(N)=O. The molecule has 0 aliphatic carbocycles. The van der Waals surface area contributed by atoms with Crippen LogP contribution in [0.4, 0.5) is 17.1 Å². The number of amides is 1. The van der Waals surface area contributed by atoms with E-state index in [1.165, 1.54) is 5.56 Å². The van der Waals surface area contributed by atoms with E-state index in [1.54, 1.807) is 18.2 Å². The van der Waals surface area contributed by atoms with E-state index in [-0.39, 0.29) is 0 Å². The Morgan fingerprint density at radius 3 is 2.60 bits per heavy atom. The van der Waals surface area contributed by atoms with Crippen LogP contribution in [0.25, 0.3) is 0 Å². The lowest BCUT2D eigenvalue weighted by atomic mass is 10.1. The van der Waals surface area contributed by atoms with Crippen molar-refractivity contribution in [3.63, 3.8) is 0 Å². The molecule has 2 aromatic rings.